The maximum absolute atomic E-state index is 11.9. The van der Waals surface area contributed by atoms with E-state index in [1.807, 2.05) is 0 Å². The van der Waals surface area contributed by atoms with Crippen LogP contribution in [0.25, 0.3) is 11.3 Å². The number of esters is 1. The van der Waals surface area contributed by atoms with Gasteiger partial charge in [0, 0.05) is 11.6 Å². The molecule has 0 fully saturated rings. The largest absolute Gasteiger partial charge is 0.477 e. The second-order valence-electron chi connectivity index (χ2n) is 6.81. The lowest BCUT2D eigenvalue weighted by atomic mass is 10.1. The summed E-state index contributed by atoms with van der Waals surface area (Å²) in [5.41, 5.74) is 3.94. The molecule has 0 saturated carbocycles. The number of benzene rings is 2. The summed E-state index contributed by atoms with van der Waals surface area (Å²) >= 11 is 0. The number of carbonyl (C=O) groups excluding carboxylic acids is 2. The predicted molar refractivity (Wildman–Crippen MR) is 119 cm³/mol. The molecule has 10 heteroatoms. The number of carbonyl (C=O) groups is 2. The highest BCUT2D eigenvalue weighted by Crippen LogP contribution is 2.27. The van der Waals surface area contributed by atoms with Crippen molar-refractivity contribution in [2.75, 3.05) is 13.2 Å². The van der Waals surface area contributed by atoms with Crippen molar-refractivity contribution in [1.29, 1.82) is 0 Å². The Balaban J connectivity index is 1.54. The number of furan rings is 1. The number of aryl methyl sites for hydroxylation is 1. The Kier molecular flexibility index (Phi) is 7.53. The second-order valence-corrected chi connectivity index (χ2v) is 6.81. The van der Waals surface area contributed by atoms with Gasteiger partial charge in [0.15, 0.2) is 12.4 Å². The van der Waals surface area contributed by atoms with Crippen molar-refractivity contribution in [2.24, 2.45) is 5.10 Å². The minimum atomic E-state index is -0.595. The maximum atomic E-state index is 11.9. The molecule has 3 aromatic rings. The SMILES string of the molecule is CCOC(=O)c1ccc(-c2ccc(/C=N/NC(=O)COc3ccc(C)cc3[N+](=O)[O-])o2)cc1. The lowest BCUT2D eigenvalue weighted by molar-refractivity contribution is -0.385. The lowest BCUT2D eigenvalue weighted by Gasteiger charge is -2.06. The lowest BCUT2D eigenvalue weighted by Crippen LogP contribution is -2.24. The number of nitrogens with zero attached hydrogens (tertiary/aromatic N) is 2. The minimum Gasteiger partial charge on any atom is -0.477 e. The number of hydrazone groups is 1. The first-order valence-electron chi connectivity index (χ1n) is 9.94. The van der Waals surface area contributed by atoms with Crippen LogP contribution in [0, 0.1) is 17.0 Å². The third kappa shape index (κ3) is 6.26. The van der Waals surface area contributed by atoms with Crippen LogP contribution in [0.5, 0.6) is 5.75 Å². The predicted octanol–water partition coefficient (Wildman–Crippen LogP) is 3.87. The standard InChI is InChI=1S/C23H21N3O7/c1-3-31-23(28)17-7-5-16(6-8-17)20-11-9-18(33-20)13-24-25-22(27)14-32-21-10-4-15(2)12-19(21)26(29)30/h4-13H,3,14H2,1-2H3,(H,25,27)/b24-13+. The molecular formula is C23H21N3O7. The molecule has 10 nitrogen and oxygen atoms in total. The molecule has 1 amide bonds. The van der Waals surface area contributed by atoms with Crippen LogP contribution >= 0.6 is 0 Å². The first-order chi connectivity index (χ1) is 15.9. The Morgan fingerprint density at radius 2 is 1.91 bits per heavy atom. The first-order valence-corrected chi connectivity index (χ1v) is 9.94. The van der Waals surface area contributed by atoms with E-state index >= 15 is 0 Å². The zero-order valence-corrected chi connectivity index (χ0v) is 17.9. The summed E-state index contributed by atoms with van der Waals surface area (Å²) in [5, 5.41) is 14.9. The van der Waals surface area contributed by atoms with E-state index in [0.29, 0.717) is 29.3 Å². The Bertz CT molecular complexity index is 1180. The number of rotatable bonds is 9. The molecule has 33 heavy (non-hydrogen) atoms. The van der Waals surface area contributed by atoms with Crippen LogP contribution in [0.2, 0.25) is 0 Å². The molecule has 0 unspecified atom stereocenters. The number of nitrogens with one attached hydrogen (secondary N) is 1. The molecule has 0 bridgehead atoms. The minimum absolute atomic E-state index is 0.00520. The Morgan fingerprint density at radius 3 is 2.61 bits per heavy atom. The van der Waals surface area contributed by atoms with Gasteiger partial charge in [-0.2, -0.15) is 5.10 Å². The molecule has 1 heterocycles. The van der Waals surface area contributed by atoms with E-state index in [1.165, 1.54) is 18.3 Å². The van der Waals surface area contributed by atoms with Gasteiger partial charge in [-0.1, -0.05) is 18.2 Å². The van der Waals surface area contributed by atoms with E-state index < -0.39 is 23.4 Å². The Labute approximate surface area is 189 Å². The van der Waals surface area contributed by atoms with Crippen LogP contribution in [0.4, 0.5) is 5.69 Å². The fraction of sp³-hybridized carbons (Fsp3) is 0.174. The van der Waals surface area contributed by atoms with E-state index in [4.69, 9.17) is 13.9 Å². The van der Waals surface area contributed by atoms with E-state index in [-0.39, 0.29) is 11.4 Å². The topological polar surface area (TPSA) is 133 Å². The van der Waals surface area contributed by atoms with Crippen LogP contribution < -0.4 is 10.2 Å². The van der Waals surface area contributed by atoms with Gasteiger partial charge >= 0.3 is 11.7 Å². The summed E-state index contributed by atoms with van der Waals surface area (Å²) < 4.78 is 15.8. The molecule has 0 radical (unpaired) electrons. The fourth-order valence-electron chi connectivity index (χ4n) is 2.80. The second kappa shape index (κ2) is 10.7. The average molecular weight is 451 g/mol. The average Bonchev–Trinajstić information content (AvgIpc) is 3.27. The number of amides is 1. The summed E-state index contributed by atoms with van der Waals surface area (Å²) in [4.78, 5) is 34.2. The van der Waals surface area contributed by atoms with Crippen molar-refractivity contribution in [3.8, 4) is 17.1 Å². The van der Waals surface area contributed by atoms with E-state index in [0.717, 1.165) is 5.56 Å². The summed E-state index contributed by atoms with van der Waals surface area (Å²) in [6.07, 6.45) is 1.31. The van der Waals surface area contributed by atoms with Crippen LogP contribution in [0.15, 0.2) is 64.1 Å². The zero-order chi connectivity index (χ0) is 23.8. The van der Waals surface area contributed by atoms with Gasteiger partial charge in [0.2, 0.25) is 0 Å². The third-order valence-electron chi connectivity index (χ3n) is 4.36. The number of nitro groups is 1. The van der Waals surface area contributed by atoms with Gasteiger partial charge in [0.05, 0.1) is 23.3 Å². The number of hydrogen-bond acceptors (Lipinski definition) is 8. The van der Waals surface area contributed by atoms with Crippen LogP contribution in [-0.4, -0.2) is 36.2 Å². The molecule has 0 spiro atoms. The fourth-order valence-corrected chi connectivity index (χ4v) is 2.80. The zero-order valence-electron chi connectivity index (χ0n) is 17.9. The van der Waals surface area contributed by atoms with Gasteiger partial charge in [-0.3, -0.25) is 14.9 Å². The molecule has 0 atom stereocenters. The molecular weight excluding hydrogens is 430 g/mol. The highest BCUT2D eigenvalue weighted by atomic mass is 16.6. The first kappa shape index (κ1) is 23.2. The molecule has 0 saturated heterocycles. The smallest absolute Gasteiger partial charge is 0.338 e. The van der Waals surface area contributed by atoms with Gasteiger partial charge in [-0.25, -0.2) is 10.2 Å². The van der Waals surface area contributed by atoms with Crippen LogP contribution in [-0.2, 0) is 9.53 Å². The normalized spacial score (nSPS) is 10.7. The van der Waals surface area contributed by atoms with E-state index in [1.54, 1.807) is 56.3 Å². The van der Waals surface area contributed by atoms with Crippen molar-refractivity contribution in [2.45, 2.75) is 13.8 Å². The summed E-state index contributed by atoms with van der Waals surface area (Å²) in [6, 6.07) is 14.6. The van der Waals surface area contributed by atoms with Gasteiger partial charge in [-0.05, 0) is 49.7 Å². The van der Waals surface area contributed by atoms with Gasteiger partial charge in [0.25, 0.3) is 5.91 Å². The van der Waals surface area contributed by atoms with Crippen LogP contribution in [0.1, 0.15) is 28.6 Å². The van der Waals surface area contributed by atoms with E-state index in [9.17, 15) is 19.7 Å². The molecule has 1 aromatic heterocycles. The molecule has 3 rings (SSSR count). The monoisotopic (exact) mass is 451 g/mol. The summed E-state index contributed by atoms with van der Waals surface area (Å²) in [6.45, 7) is 3.31. The Morgan fingerprint density at radius 1 is 1.15 bits per heavy atom. The number of ether oxygens (including phenoxy) is 2. The maximum Gasteiger partial charge on any atom is 0.338 e. The Hall–Kier alpha value is -4.47. The number of nitro benzene ring substituents is 1. The van der Waals surface area contributed by atoms with Gasteiger partial charge in [0.1, 0.15) is 11.5 Å². The van der Waals surface area contributed by atoms with E-state index in [2.05, 4.69) is 10.5 Å². The van der Waals surface area contributed by atoms with Crippen molar-refractivity contribution in [3.63, 3.8) is 0 Å². The quantitative estimate of drug-likeness (QED) is 0.226. The van der Waals surface area contributed by atoms with Crippen molar-refractivity contribution >= 4 is 23.8 Å². The molecule has 0 aliphatic heterocycles. The summed E-state index contributed by atoms with van der Waals surface area (Å²) in [5.74, 6) is -0.0621. The third-order valence-corrected chi connectivity index (χ3v) is 4.36. The molecule has 0 aliphatic carbocycles. The van der Waals surface area contributed by atoms with Crippen LogP contribution in [0.3, 0.4) is 0 Å². The van der Waals surface area contributed by atoms with Crippen molar-refractivity contribution in [1.82, 2.24) is 5.43 Å². The molecule has 1 N–H and O–H groups in total. The summed E-state index contributed by atoms with van der Waals surface area (Å²) in [7, 11) is 0. The van der Waals surface area contributed by atoms with Crippen molar-refractivity contribution in [3.05, 3.63) is 81.6 Å². The van der Waals surface area contributed by atoms with Crippen molar-refractivity contribution < 1.29 is 28.4 Å². The molecule has 2 aromatic carbocycles. The highest BCUT2D eigenvalue weighted by molar-refractivity contribution is 5.90. The number of hydrogen-bond donors (Lipinski definition) is 1. The molecule has 170 valence electrons. The van der Waals surface area contributed by atoms with Gasteiger partial charge in [-0.15, -0.1) is 0 Å². The highest BCUT2D eigenvalue weighted by Gasteiger charge is 2.16. The molecule has 0 aliphatic rings. The van der Waals surface area contributed by atoms with Gasteiger partial charge < -0.3 is 13.9 Å².